The number of carbonyl (C=O) groups is 1. The standard InChI is InChI=1S/C19H15N5O5/c25-17-14-15(12-7-4-8-13(9-12)24(28)29)20-18(26)21-16(14)23(19(27)22-17)10-11-5-2-1-3-6-11/h1-9,15H,10H2,(H2,20,21,26)(H,22,25,27). The Morgan fingerprint density at radius 3 is 2.52 bits per heavy atom. The molecular weight excluding hydrogens is 378 g/mol. The zero-order valence-corrected chi connectivity index (χ0v) is 14.9. The van der Waals surface area contributed by atoms with Crippen LogP contribution in [-0.2, 0) is 6.54 Å². The minimum atomic E-state index is -0.954. The molecule has 0 bridgehead atoms. The van der Waals surface area contributed by atoms with Crippen molar-refractivity contribution in [3.8, 4) is 0 Å². The molecule has 10 heteroatoms. The molecule has 2 amide bonds. The van der Waals surface area contributed by atoms with E-state index in [0.717, 1.165) is 5.56 Å². The number of nitro benzene ring substituents is 1. The summed E-state index contributed by atoms with van der Waals surface area (Å²) in [6.07, 6.45) is 0. The first kappa shape index (κ1) is 18.2. The van der Waals surface area contributed by atoms with Gasteiger partial charge in [0, 0.05) is 12.1 Å². The zero-order chi connectivity index (χ0) is 20.5. The van der Waals surface area contributed by atoms with Crippen molar-refractivity contribution in [2.24, 2.45) is 0 Å². The molecule has 1 unspecified atom stereocenters. The fraction of sp³-hybridized carbons (Fsp3) is 0.105. The topological polar surface area (TPSA) is 139 Å². The summed E-state index contributed by atoms with van der Waals surface area (Å²) < 4.78 is 1.26. The molecule has 1 aliphatic rings. The van der Waals surface area contributed by atoms with Gasteiger partial charge in [0.2, 0.25) is 0 Å². The molecule has 4 rings (SSSR count). The maximum absolute atomic E-state index is 12.6. The Balaban J connectivity index is 1.89. The van der Waals surface area contributed by atoms with E-state index in [1.807, 2.05) is 30.3 Å². The molecule has 0 saturated heterocycles. The lowest BCUT2D eigenvalue weighted by Crippen LogP contribution is -2.46. The number of non-ortho nitro benzene ring substituents is 1. The van der Waals surface area contributed by atoms with Gasteiger partial charge in [-0.25, -0.2) is 9.59 Å². The fourth-order valence-corrected chi connectivity index (χ4v) is 3.32. The molecule has 1 aromatic heterocycles. The van der Waals surface area contributed by atoms with E-state index in [9.17, 15) is 24.5 Å². The third kappa shape index (κ3) is 3.38. The summed E-state index contributed by atoms with van der Waals surface area (Å²) in [5.74, 6) is 0.0582. The van der Waals surface area contributed by atoms with Crippen LogP contribution < -0.4 is 21.9 Å². The molecule has 1 aliphatic heterocycles. The first-order valence-electron chi connectivity index (χ1n) is 8.67. The number of fused-ring (bicyclic) bond motifs is 1. The smallest absolute Gasteiger partial charge is 0.327 e. The normalized spacial score (nSPS) is 15.2. The van der Waals surface area contributed by atoms with Crippen molar-refractivity contribution in [2.45, 2.75) is 12.6 Å². The molecule has 0 aliphatic carbocycles. The Hall–Kier alpha value is -4.21. The van der Waals surface area contributed by atoms with E-state index in [1.165, 1.54) is 22.8 Å². The first-order valence-corrected chi connectivity index (χ1v) is 8.67. The number of aromatic amines is 1. The number of amides is 2. The van der Waals surface area contributed by atoms with Gasteiger partial charge in [-0.1, -0.05) is 42.5 Å². The monoisotopic (exact) mass is 393 g/mol. The second-order valence-corrected chi connectivity index (χ2v) is 6.48. The Labute approximate surface area is 163 Å². The second-order valence-electron chi connectivity index (χ2n) is 6.48. The summed E-state index contributed by atoms with van der Waals surface area (Å²) in [6, 6.07) is 13.1. The van der Waals surface area contributed by atoms with Crippen molar-refractivity contribution in [1.82, 2.24) is 14.9 Å². The molecule has 10 nitrogen and oxygen atoms in total. The number of nitro groups is 1. The van der Waals surface area contributed by atoms with E-state index in [0.29, 0.717) is 5.56 Å². The number of H-pyrrole nitrogens is 1. The quantitative estimate of drug-likeness (QED) is 0.457. The van der Waals surface area contributed by atoms with Crippen LogP contribution in [0, 0.1) is 10.1 Å². The molecule has 2 aromatic carbocycles. The lowest BCUT2D eigenvalue weighted by molar-refractivity contribution is -0.384. The fourth-order valence-electron chi connectivity index (χ4n) is 3.32. The highest BCUT2D eigenvalue weighted by atomic mass is 16.6. The van der Waals surface area contributed by atoms with E-state index in [1.54, 1.807) is 6.07 Å². The van der Waals surface area contributed by atoms with Gasteiger partial charge in [0.05, 0.1) is 23.1 Å². The highest BCUT2D eigenvalue weighted by molar-refractivity contribution is 5.92. The number of hydrogen-bond acceptors (Lipinski definition) is 5. The first-order chi connectivity index (χ1) is 13.9. The number of benzene rings is 2. The zero-order valence-electron chi connectivity index (χ0n) is 14.9. The number of hydrogen-bond donors (Lipinski definition) is 3. The van der Waals surface area contributed by atoms with Crippen LogP contribution in [0.1, 0.15) is 22.7 Å². The maximum Gasteiger partial charge on any atom is 0.330 e. The molecule has 29 heavy (non-hydrogen) atoms. The second kappa shape index (κ2) is 7.08. The summed E-state index contributed by atoms with van der Waals surface area (Å²) >= 11 is 0. The predicted molar refractivity (Wildman–Crippen MR) is 104 cm³/mol. The average Bonchev–Trinajstić information content (AvgIpc) is 2.71. The summed E-state index contributed by atoms with van der Waals surface area (Å²) in [6.45, 7) is 0.126. The average molecular weight is 393 g/mol. The predicted octanol–water partition coefficient (Wildman–Crippen LogP) is 1.72. The molecule has 0 spiro atoms. The molecule has 0 fully saturated rings. The van der Waals surface area contributed by atoms with Gasteiger partial charge in [-0.15, -0.1) is 0 Å². The summed E-state index contributed by atoms with van der Waals surface area (Å²) in [4.78, 5) is 50.1. The highest BCUT2D eigenvalue weighted by Crippen LogP contribution is 2.30. The van der Waals surface area contributed by atoms with Crippen molar-refractivity contribution < 1.29 is 9.72 Å². The summed E-state index contributed by atoms with van der Waals surface area (Å²) in [5, 5.41) is 16.2. The third-order valence-corrected chi connectivity index (χ3v) is 4.63. The van der Waals surface area contributed by atoms with Crippen LogP contribution in [0.4, 0.5) is 16.3 Å². The lowest BCUT2D eigenvalue weighted by atomic mass is 9.98. The lowest BCUT2D eigenvalue weighted by Gasteiger charge is -2.28. The van der Waals surface area contributed by atoms with Crippen LogP contribution in [0.3, 0.4) is 0 Å². The molecular formula is C19H15N5O5. The van der Waals surface area contributed by atoms with Crippen molar-refractivity contribution in [2.75, 3.05) is 5.32 Å². The van der Waals surface area contributed by atoms with Crippen LogP contribution >= 0.6 is 0 Å². The number of nitrogens with zero attached hydrogens (tertiary/aromatic N) is 2. The number of rotatable bonds is 4. The van der Waals surface area contributed by atoms with Crippen LogP contribution in [0.15, 0.2) is 64.2 Å². The molecule has 3 N–H and O–H groups in total. The maximum atomic E-state index is 12.6. The SMILES string of the molecule is O=C1Nc2c(c(=O)[nH]c(=O)n2Cc2ccccc2)C(c2cccc([N+](=O)[O-])c2)N1. The molecule has 2 heterocycles. The molecule has 0 radical (unpaired) electrons. The van der Waals surface area contributed by atoms with Crippen molar-refractivity contribution in [3.63, 3.8) is 0 Å². The van der Waals surface area contributed by atoms with Crippen LogP contribution in [0.5, 0.6) is 0 Å². The largest absolute Gasteiger partial charge is 0.330 e. The Morgan fingerprint density at radius 1 is 1.03 bits per heavy atom. The van der Waals surface area contributed by atoms with Crippen LogP contribution in [0.2, 0.25) is 0 Å². The van der Waals surface area contributed by atoms with Gasteiger partial charge in [0.15, 0.2) is 0 Å². The Kier molecular flexibility index (Phi) is 4.43. The van der Waals surface area contributed by atoms with Crippen molar-refractivity contribution in [3.05, 3.63) is 102 Å². The number of aromatic nitrogens is 2. The van der Waals surface area contributed by atoms with Crippen LogP contribution in [0.25, 0.3) is 0 Å². The van der Waals surface area contributed by atoms with E-state index in [2.05, 4.69) is 15.6 Å². The summed E-state index contributed by atoms with van der Waals surface area (Å²) in [7, 11) is 0. The van der Waals surface area contributed by atoms with E-state index in [-0.39, 0.29) is 23.6 Å². The van der Waals surface area contributed by atoms with Gasteiger partial charge >= 0.3 is 11.7 Å². The van der Waals surface area contributed by atoms with Crippen LogP contribution in [-0.4, -0.2) is 20.5 Å². The number of anilines is 1. The van der Waals surface area contributed by atoms with Gasteiger partial charge in [-0.2, -0.15) is 0 Å². The third-order valence-electron chi connectivity index (χ3n) is 4.63. The number of urea groups is 1. The number of nitrogens with one attached hydrogen (secondary N) is 3. The molecule has 0 saturated carbocycles. The van der Waals surface area contributed by atoms with E-state index >= 15 is 0 Å². The molecule has 146 valence electrons. The Bertz CT molecular complexity index is 1230. The van der Waals surface area contributed by atoms with E-state index < -0.39 is 28.2 Å². The number of carbonyl (C=O) groups excluding carboxylic acids is 1. The minimum absolute atomic E-state index is 0.0582. The van der Waals surface area contributed by atoms with Crippen molar-refractivity contribution in [1.29, 1.82) is 0 Å². The van der Waals surface area contributed by atoms with Gasteiger partial charge in [0.25, 0.3) is 11.2 Å². The van der Waals surface area contributed by atoms with Gasteiger partial charge < -0.3 is 5.32 Å². The molecule has 1 atom stereocenters. The van der Waals surface area contributed by atoms with Crippen molar-refractivity contribution >= 4 is 17.5 Å². The van der Waals surface area contributed by atoms with Gasteiger partial charge in [0.1, 0.15) is 5.82 Å². The highest BCUT2D eigenvalue weighted by Gasteiger charge is 2.32. The van der Waals surface area contributed by atoms with E-state index in [4.69, 9.17) is 0 Å². The van der Waals surface area contributed by atoms with Gasteiger partial charge in [-0.05, 0) is 11.1 Å². The Morgan fingerprint density at radius 2 is 1.79 bits per heavy atom. The summed E-state index contributed by atoms with van der Waals surface area (Å²) in [5.41, 5.74) is -0.281. The minimum Gasteiger partial charge on any atom is -0.327 e. The van der Waals surface area contributed by atoms with Gasteiger partial charge in [-0.3, -0.25) is 29.8 Å². The molecule has 3 aromatic rings.